The van der Waals surface area contributed by atoms with E-state index in [9.17, 15) is 0 Å². The molecule has 2 N–H and O–H groups in total. The minimum atomic E-state index is 0.613. The van der Waals surface area contributed by atoms with E-state index in [0.717, 1.165) is 23.0 Å². The van der Waals surface area contributed by atoms with Crippen LogP contribution in [0.3, 0.4) is 0 Å². The van der Waals surface area contributed by atoms with Gasteiger partial charge >= 0.3 is 0 Å². The molecule has 1 heterocycles. The van der Waals surface area contributed by atoms with E-state index in [2.05, 4.69) is 15.3 Å². The van der Waals surface area contributed by atoms with E-state index in [4.69, 9.17) is 9.47 Å². The van der Waals surface area contributed by atoms with Crippen LogP contribution < -0.4 is 14.8 Å². The smallest absolute Gasteiger partial charge is 0.163 e. The van der Waals surface area contributed by atoms with Crippen LogP contribution in [0.5, 0.6) is 11.5 Å². The number of hydrogen-bond acceptors (Lipinski definition) is 4. The Kier molecular flexibility index (Phi) is 4.66. The van der Waals surface area contributed by atoms with Gasteiger partial charge in [-0.25, -0.2) is 4.98 Å². The maximum Gasteiger partial charge on any atom is 0.163 e. The fourth-order valence-electron chi connectivity index (χ4n) is 1.74. The highest BCUT2D eigenvalue weighted by Gasteiger charge is 2.06. The van der Waals surface area contributed by atoms with Gasteiger partial charge in [-0.1, -0.05) is 0 Å². The topological polar surface area (TPSA) is 59.2 Å². The summed E-state index contributed by atoms with van der Waals surface area (Å²) < 4.78 is 11.1. The lowest BCUT2D eigenvalue weighted by Gasteiger charge is -2.13. The number of nitrogens with zero attached hydrogens (tertiary/aromatic N) is 1. The van der Waals surface area contributed by atoms with Gasteiger partial charge in [0.1, 0.15) is 5.82 Å². The second-order valence-corrected chi connectivity index (χ2v) is 3.92. The third-order valence-corrected chi connectivity index (χ3v) is 2.56. The number of rotatable bonds is 7. The van der Waals surface area contributed by atoms with Crippen LogP contribution in [0.4, 0.5) is 5.69 Å². The van der Waals surface area contributed by atoms with Crippen LogP contribution in [0.1, 0.15) is 19.7 Å². The van der Waals surface area contributed by atoms with Crippen molar-refractivity contribution in [2.24, 2.45) is 0 Å². The summed E-state index contributed by atoms with van der Waals surface area (Å²) in [5.74, 6) is 2.42. The van der Waals surface area contributed by atoms with Crippen molar-refractivity contribution >= 4 is 5.69 Å². The van der Waals surface area contributed by atoms with Crippen molar-refractivity contribution < 1.29 is 9.47 Å². The highest BCUT2D eigenvalue weighted by molar-refractivity contribution is 5.54. The zero-order valence-electron chi connectivity index (χ0n) is 11.3. The first-order valence-corrected chi connectivity index (χ1v) is 6.45. The lowest BCUT2D eigenvalue weighted by Crippen LogP contribution is -2.03. The fourth-order valence-corrected chi connectivity index (χ4v) is 1.74. The molecule has 0 spiro atoms. The maximum absolute atomic E-state index is 5.58. The van der Waals surface area contributed by atoms with Gasteiger partial charge in [-0.15, -0.1) is 0 Å². The predicted octanol–water partition coefficient (Wildman–Crippen LogP) is 2.82. The summed E-state index contributed by atoms with van der Waals surface area (Å²) in [4.78, 5) is 7.21. The van der Waals surface area contributed by atoms with Crippen molar-refractivity contribution in [1.82, 2.24) is 9.97 Å². The van der Waals surface area contributed by atoms with Crippen molar-refractivity contribution in [3.63, 3.8) is 0 Å². The Bertz CT molecular complexity index is 497. The summed E-state index contributed by atoms with van der Waals surface area (Å²) >= 11 is 0. The van der Waals surface area contributed by atoms with Crippen LogP contribution in [0.2, 0.25) is 0 Å². The van der Waals surface area contributed by atoms with Gasteiger partial charge in [0.2, 0.25) is 0 Å². The van der Waals surface area contributed by atoms with Gasteiger partial charge in [0, 0.05) is 24.1 Å². The monoisotopic (exact) mass is 261 g/mol. The van der Waals surface area contributed by atoms with Gasteiger partial charge in [-0.3, -0.25) is 0 Å². The number of nitrogens with one attached hydrogen (secondary N) is 2. The first kappa shape index (κ1) is 13.3. The van der Waals surface area contributed by atoms with E-state index < -0.39 is 0 Å². The van der Waals surface area contributed by atoms with Gasteiger partial charge in [-0.2, -0.15) is 0 Å². The van der Waals surface area contributed by atoms with Gasteiger partial charge in [0.25, 0.3) is 0 Å². The minimum Gasteiger partial charge on any atom is -0.490 e. The molecule has 19 heavy (non-hydrogen) atoms. The molecule has 0 amide bonds. The largest absolute Gasteiger partial charge is 0.490 e. The molecule has 0 saturated heterocycles. The van der Waals surface area contributed by atoms with E-state index in [0.29, 0.717) is 19.8 Å². The van der Waals surface area contributed by atoms with E-state index >= 15 is 0 Å². The number of imidazole rings is 1. The van der Waals surface area contributed by atoms with Gasteiger partial charge in [0.05, 0.1) is 19.8 Å². The van der Waals surface area contributed by atoms with Crippen LogP contribution >= 0.6 is 0 Å². The summed E-state index contributed by atoms with van der Waals surface area (Å²) in [6, 6.07) is 5.83. The Morgan fingerprint density at radius 2 is 1.95 bits per heavy atom. The first-order chi connectivity index (χ1) is 9.33. The molecule has 0 saturated carbocycles. The van der Waals surface area contributed by atoms with Crippen LogP contribution in [0.25, 0.3) is 0 Å². The van der Waals surface area contributed by atoms with Crippen molar-refractivity contribution in [3.05, 3.63) is 36.4 Å². The van der Waals surface area contributed by atoms with E-state index in [-0.39, 0.29) is 0 Å². The van der Waals surface area contributed by atoms with E-state index in [1.165, 1.54) is 0 Å². The minimum absolute atomic E-state index is 0.613. The molecule has 0 radical (unpaired) electrons. The van der Waals surface area contributed by atoms with Crippen LogP contribution in [0.15, 0.2) is 30.6 Å². The number of anilines is 1. The number of aromatic nitrogens is 2. The second kappa shape index (κ2) is 6.68. The lowest BCUT2D eigenvalue weighted by atomic mass is 10.2. The second-order valence-electron chi connectivity index (χ2n) is 3.92. The molecular formula is C14H19N3O2. The molecule has 0 aliphatic carbocycles. The molecule has 2 aromatic rings. The molecule has 1 aromatic heterocycles. The fraction of sp³-hybridized carbons (Fsp3) is 0.357. The number of hydrogen-bond donors (Lipinski definition) is 2. The standard InChI is InChI=1S/C14H19N3O2/c1-3-18-12-6-5-11(9-13(12)19-4-2)17-10-14-15-7-8-16-14/h5-9,17H,3-4,10H2,1-2H3,(H,15,16). The summed E-state index contributed by atoms with van der Waals surface area (Å²) in [5.41, 5.74) is 0.975. The zero-order chi connectivity index (χ0) is 13.5. The molecule has 5 nitrogen and oxygen atoms in total. The Labute approximate surface area is 113 Å². The molecule has 0 unspecified atom stereocenters. The lowest BCUT2D eigenvalue weighted by molar-refractivity contribution is 0.288. The summed E-state index contributed by atoms with van der Waals surface area (Å²) in [6.45, 7) is 5.80. The number of benzene rings is 1. The molecular weight excluding hydrogens is 242 g/mol. The summed E-state index contributed by atoms with van der Waals surface area (Å²) in [5, 5.41) is 3.29. The Morgan fingerprint density at radius 1 is 1.16 bits per heavy atom. The van der Waals surface area contributed by atoms with Crippen LogP contribution in [-0.4, -0.2) is 23.2 Å². The molecule has 102 valence electrons. The quantitative estimate of drug-likeness (QED) is 0.804. The first-order valence-electron chi connectivity index (χ1n) is 6.45. The molecule has 0 aliphatic rings. The van der Waals surface area contributed by atoms with E-state index in [1.807, 2.05) is 32.0 Å². The van der Waals surface area contributed by atoms with Crippen molar-refractivity contribution in [2.75, 3.05) is 18.5 Å². The predicted molar refractivity (Wildman–Crippen MR) is 74.7 cm³/mol. The average molecular weight is 261 g/mol. The van der Waals surface area contributed by atoms with Gasteiger partial charge in [-0.05, 0) is 26.0 Å². The highest BCUT2D eigenvalue weighted by atomic mass is 16.5. The molecule has 0 atom stereocenters. The van der Waals surface area contributed by atoms with Gasteiger partial charge in [0.15, 0.2) is 11.5 Å². The van der Waals surface area contributed by atoms with Crippen LogP contribution in [-0.2, 0) is 6.54 Å². The molecule has 5 heteroatoms. The van der Waals surface area contributed by atoms with E-state index in [1.54, 1.807) is 12.4 Å². The molecule has 0 aliphatic heterocycles. The molecule has 0 bridgehead atoms. The molecule has 2 rings (SSSR count). The third kappa shape index (κ3) is 3.64. The Hall–Kier alpha value is -2.17. The molecule has 0 fully saturated rings. The number of H-pyrrole nitrogens is 1. The Morgan fingerprint density at radius 3 is 2.63 bits per heavy atom. The summed E-state index contributed by atoms with van der Waals surface area (Å²) in [6.07, 6.45) is 3.54. The van der Waals surface area contributed by atoms with Crippen molar-refractivity contribution in [1.29, 1.82) is 0 Å². The normalized spacial score (nSPS) is 10.2. The van der Waals surface area contributed by atoms with Crippen molar-refractivity contribution in [3.8, 4) is 11.5 Å². The maximum atomic E-state index is 5.58. The average Bonchev–Trinajstić information content (AvgIpc) is 2.93. The third-order valence-electron chi connectivity index (χ3n) is 2.56. The highest BCUT2D eigenvalue weighted by Crippen LogP contribution is 2.30. The number of aromatic amines is 1. The van der Waals surface area contributed by atoms with Gasteiger partial charge < -0.3 is 19.8 Å². The zero-order valence-corrected chi connectivity index (χ0v) is 11.3. The summed E-state index contributed by atoms with van der Waals surface area (Å²) in [7, 11) is 0. The van der Waals surface area contributed by atoms with Crippen LogP contribution in [0, 0.1) is 0 Å². The number of ether oxygens (including phenoxy) is 2. The Balaban J connectivity index is 2.06. The van der Waals surface area contributed by atoms with Crippen molar-refractivity contribution in [2.45, 2.75) is 20.4 Å². The SMILES string of the molecule is CCOc1ccc(NCc2ncc[nH]2)cc1OCC. The molecule has 1 aromatic carbocycles.